The highest BCUT2D eigenvalue weighted by molar-refractivity contribution is 6.42. The molecule has 0 saturated heterocycles. The highest BCUT2D eigenvalue weighted by Gasteiger charge is 2.10. The average molecular weight is 331 g/mol. The van der Waals surface area contributed by atoms with Gasteiger partial charge in [-0.1, -0.05) is 46.9 Å². The maximum absolute atomic E-state index is 11.9. The van der Waals surface area contributed by atoms with Crippen molar-refractivity contribution in [3.05, 3.63) is 57.0 Å². The molecule has 1 aromatic heterocycles. The van der Waals surface area contributed by atoms with E-state index in [1.165, 1.54) is 12.4 Å². The molecule has 0 atom stereocenters. The molecule has 0 spiro atoms. The summed E-state index contributed by atoms with van der Waals surface area (Å²) in [6.45, 7) is 0.212. The molecule has 4 nitrogen and oxygen atoms in total. The molecule has 0 saturated carbocycles. The van der Waals surface area contributed by atoms with Crippen molar-refractivity contribution in [2.75, 3.05) is 0 Å². The van der Waals surface area contributed by atoms with Crippen LogP contribution in [0.2, 0.25) is 15.2 Å². The SMILES string of the molecule is O=C(Cc1cccc(Cl)c1Cl)NCc1nccnc1Cl. The van der Waals surface area contributed by atoms with E-state index >= 15 is 0 Å². The van der Waals surface area contributed by atoms with E-state index in [1.54, 1.807) is 18.2 Å². The summed E-state index contributed by atoms with van der Waals surface area (Å²) in [7, 11) is 0. The van der Waals surface area contributed by atoms with Crippen molar-refractivity contribution >= 4 is 40.7 Å². The van der Waals surface area contributed by atoms with Gasteiger partial charge in [0.1, 0.15) is 0 Å². The van der Waals surface area contributed by atoms with Crippen LogP contribution in [0.5, 0.6) is 0 Å². The minimum Gasteiger partial charge on any atom is -0.350 e. The van der Waals surface area contributed by atoms with Crippen LogP contribution < -0.4 is 5.32 Å². The third kappa shape index (κ3) is 3.82. The first-order chi connectivity index (χ1) is 9.58. The fourth-order valence-electron chi connectivity index (χ4n) is 1.57. The molecule has 2 aromatic rings. The molecule has 1 N–H and O–H groups in total. The number of nitrogens with zero attached hydrogens (tertiary/aromatic N) is 2. The van der Waals surface area contributed by atoms with Gasteiger partial charge in [0, 0.05) is 12.4 Å². The monoisotopic (exact) mass is 329 g/mol. The number of rotatable bonds is 4. The van der Waals surface area contributed by atoms with Gasteiger partial charge in [-0.2, -0.15) is 0 Å². The van der Waals surface area contributed by atoms with Crippen LogP contribution in [0.4, 0.5) is 0 Å². The number of halogens is 3. The Morgan fingerprint density at radius 3 is 2.65 bits per heavy atom. The lowest BCUT2D eigenvalue weighted by Crippen LogP contribution is -2.25. The van der Waals surface area contributed by atoms with Crippen molar-refractivity contribution in [2.45, 2.75) is 13.0 Å². The molecule has 0 fully saturated rings. The molecule has 1 heterocycles. The van der Waals surface area contributed by atoms with Gasteiger partial charge >= 0.3 is 0 Å². The molecule has 0 aliphatic rings. The molecule has 0 bridgehead atoms. The summed E-state index contributed by atoms with van der Waals surface area (Å²) < 4.78 is 0. The number of amides is 1. The lowest BCUT2D eigenvalue weighted by molar-refractivity contribution is -0.120. The van der Waals surface area contributed by atoms with E-state index in [9.17, 15) is 4.79 Å². The second-order valence-corrected chi connectivity index (χ2v) is 5.10. The average Bonchev–Trinajstić information content (AvgIpc) is 2.43. The van der Waals surface area contributed by atoms with Crippen LogP contribution in [0, 0.1) is 0 Å². The largest absolute Gasteiger partial charge is 0.350 e. The van der Waals surface area contributed by atoms with E-state index in [2.05, 4.69) is 15.3 Å². The molecule has 2 rings (SSSR count). The van der Waals surface area contributed by atoms with Crippen molar-refractivity contribution in [3.63, 3.8) is 0 Å². The fourth-order valence-corrected chi connectivity index (χ4v) is 2.13. The summed E-state index contributed by atoms with van der Waals surface area (Å²) in [4.78, 5) is 19.8. The Morgan fingerprint density at radius 1 is 1.15 bits per heavy atom. The van der Waals surface area contributed by atoms with Crippen LogP contribution in [-0.4, -0.2) is 15.9 Å². The van der Waals surface area contributed by atoms with Gasteiger partial charge in [-0.3, -0.25) is 9.78 Å². The number of benzene rings is 1. The number of hydrogen-bond donors (Lipinski definition) is 1. The number of aromatic nitrogens is 2. The summed E-state index contributed by atoms with van der Waals surface area (Å²) in [5, 5.41) is 3.79. The highest BCUT2D eigenvalue weighted by atomic mass is 35.5. The Hall–Kier alpha value is -1.36. The fraction of sp³-hybridized carbons (Fsp3) is 0.154. The molecular formula is C13H10Cl3N3O. The molecule has 1 amide bonds. The van der Waals surface area contributed by atoms with Gasteiger partial charge in [0.25, 0.3) is 0 Å². The quantitative estimate of drug-likeness (QED) is 0.936. The first-order valence-corrected chi connectivity index (χ1v) is 6.86. The van der Waals surface area contributed by atoms with Crippen LogP contribution in [0.15, 0.2) is 30.6 Å². The van der Waals surface area contributed by atoms with Gasteiger partial charge in [0.05, 0.1) is 28.7 Å². The van der Waals surface area contributed by atoms with Crippen LogP contribution in [0.25, 0.3) is 0 Å². The minimum atomic E-state index is -0.198. The number of carbonyl (C=O) groups is 1. The zero-order valence-electron chi connectivity index (χ0n) is 10.2. The van der Waals surface area contributed by atoms with Gasteiger partial charge in [0.2, 0.25) is 5.91 Å². The van der Waals surface area contributed by atoms with Crippen LogP contribution in [0.3, 0.4) is 0 Å². The summed E-state index contributed by atoms with van der Waals surface area (Å²) in [5.74, 6) is -0.198. The molecule has 0 aliphatic carbocycles. The van der Waals surface area contributed by atoms with Gasteiger partial charge in [-0.25, -0.2) is 4.98 Å². The van der Waals surface area contributed by atoms with Crippen molar-refractivity contribution < 1.29 is 4.79 Å². The van der Waals surface area contributed by atoms with Crippen LogP contribution in [-0.2, 0) is 17.8 Å². The lowest BCUT2D eigenvalue weighted by Gasteiger charge is -2.07. The van der Waals surface area contributed by atoms with Crippen molar-refractivity contribution in [2.24, 2.45) is 0 Å². The Labute approximate surface area is 131 Å². The third-order valence-electron chi connectivity index (χ3n) is 2.56. The maximum Gasteiger partial charge on any atom is 0.224 e. The Morgan fingerprint density at radius 2 is 1.90 bits per heavy atom. The summed E-state index contributed by atoms with van der Waals surface area (Å²) >= 11 is 17.8. The summed E-state index contributed by atoms with van der Waals surface area (Å²) in [6, 6.07) is 5.17. The van der Waals surface area contributed by atoms with E-state index in [0.29, 0.717) is 21.3 Å². The number of nitrogens with one attached hydrogen (secondary N) is 1. The maximum atomic E-state index is 11.9. The zero-order valence-corrected chi connectivity index (χ0v) is 12.5. The first kappa shape index (κ1) is 15.0. The van der Waals surface area contributed by atoms with E-state index in [0.717, 1.165) is 0 Å². The normalized spacial score (nSPS) is 10.3. The van der Waals surface area contributed by atoms with Gasteiger partial charge in [0.15, 0.2) is 5.15 Å². The second-order valence-electron chi connectivity index (χ2n) is 3.96. The predicted molar refractivity (Wildman–Crippen MR) is 79.1 cm³/mol. The van der Waals surface area contributed by atoms with E-state index in [4.69, 9.17) is 34.8 Å². The van der Waals surface area contributed by atoms with Crippen molar-refractivity contribution in [3.8, 4) is 0 Å². The standard InChI is InChI=1S/C13H10Cl3N3O/c14-9-3-1-2-8(12(9)15)6-11(20)19-7-10-13(16)18-5-4-17-10/h1-5H,6-7H2,(H,19,20). The first-order valence-electron chi connectivity index (χ1n) is 5.73. The second kappa shape index (κ2) is 6.88. The predicted octanol–water partition coefficient (Wildman–Crippen LogP) is 3.30. The van der Waals surface area contributed by atoms with Gasteiger partial charge in [-0.15, -0.1) is 0 Å². The molecule has 0 aliphatic heterocycles. The molecular weight excluding hydrogens is 321 g/mol. The molecule has 20 heavy (non-hydrogen) atoms. The molecule has 1 aromatic carbocycles. The van der Waals surface area contributed by atoms with Crippen LogP contribution >= 0.6 is 34.8 Å². The summed E-state index contributed by atoms with van der Waals surface area (Å²) in [6.07, 6.45) is 3.14. The van der Waals surface area contributed by atoms with E-state index in [1.807, 2.05) is 0 Å². The smallest absolute Gasteiger partial charge is 0.224 e. The number of hydrogen-bond acceptors (Lipinski definition) is 3. The Kier molecular flexibility index (Phi) is 5.17. The summed E-state index contributed by atoms with van der Waals surface area (Å²) in [5.41, 5.74) is 1.18. The lowest BCUT2D eigenvalue weighted by atomic mass is 10.1. The van der Waals surface area contributed by atoms with E-state index < -0.39 is 0 Å². The van der Waals surface area contributed by atoms with Gasteiger partial charge in [-0.05, 0) is 11.6 Å². The highest BCUT2D eigenvalue weighted by Crippen LogP contribution is 2.25. The van der Waals surface area contributed by atoms with Crippen molar-refractivity contribution in [1.29, 1.82) is 0 Å². The third-order valence-corrected chi connectivity index (χ3v) is 3.73. The topological polar surface area (TPSA) is 54.9 Å². The van der Waals surface area contributed by atoms with Gasteiger partial charge < -0.3 is 5.32 Å². The van der Waals surface area contributed by atoms with Crippen LogP contribution in [0.1, 0.15) is 11.3 Å². The molecule has 7 heteroatoms. The molecule has 0 radical (unpaired) electrons. The van der Waals surface area contributed by atoms with E-state index in [-0.39, 0.29) is 24.0 Å². The zero-order chi connectivity index (χ0) is 14.5. The molecule has 104 valence electrons. The molecule has 0 unspecified atom stereocenters. The Balaban J connectivity index is 1.96. The minimum absolute atomic E-state index is 0.136. The number of carbonyl (C=O) groups excluding carboxylic acids is 1. The Bertz CT molecular complexity index is 634. The van der Waals surface area contributed by atoms with Crippen molar-refractivity contribution in [1.82, 2.24) is 15.3 Å².